The number of nitrogens with one attached hydrogen (secondary N) is 1. The standard InChI is InChI=1S/C21H20N4.ClH/c1-2-5-17(6-3-1)15-25-16-19(14-24-25)13-22-12-18-8-9-21-20(11-18)7-4-10-23-21;/h1-11,14,16,22H,12-13,15H2;1H. The number of aromatic nitrogens is 3. The summed E-state index contributed by atoms with van der Waals surface area (Å²) in [7, 11) is 0. The van der Waals surface area contributed by atoms with Crippen LogP contribution in [0.1, 0.15) is 16.7 Å². The van der Waals surface area contributed by atoms with E-state index in [0.29, 0.717) is 0 Å². The van der Waals surface area contributed by atoms with Gasteiger partial charge in [-0.15, -0.1) is 12.4 Å². The summed E-state index contributed by atoms with van der Waals surface area (Å²) in [5.74, 6) is 0. The first-order valence-corrected chi connectivity index (χ1v) is 8.46. The largest absolute Gasteiger partial charge is 0.309 e. The lowest BCUT2D eigenvalue weighted by molar-refractivity contribution is 0.677. The summed E-state index contributed by atoms with van der Waals surface area (Å²) in [6.07, 6.45) is 5.86. The maximum Gasteiger partial charge on any atom is 0.0702 e. The van der Waals surface area contributed by atoms with E-state index in [4.69, 9.17) is 0 Å². The molecule has 4 aromatic rings. The van der Waals surface area contributed by atoms with E-state index in [9.17, 15) is 0 Å². The van der Waals surface area contributed by atoms with E-state index in [2.05, 4.69) is 70.1 Å². The van der Waals surface area contributed by atoms with Gasteiger partial charge in [-0.3, -0.25) is 9.67 Å². The highest BCUT2D eigenvalue weighted by Crippen LogP contribution is 2.13. The van der Waals surface area contributed by atoms with E-state index in [-0.39, 0.29) is 12.4 Å². The van der Waals surface area contributed by atoms with Gasteiger partial charge in [-0.25, -0.2) is 0 Å². The molecule has 0 bridgehead atoms. The van der Waals surface area contributed by atoms with E-state index in [1.54, 1.807) is 0 Å². The molecule has 0 fully saturated rings. The van der Waals surface area contributed by atoms with Crippen LogP contribution >= 0.6 is 12.4 Å². The van der Waals surface area contributed by atoms with Crippen LogP contribution in [-0.2, 0) is 19.6 Å². The SMILES string of the molecule is Cl.c1ccc(Cn2cc(CNCc3ccc4ncccc4c3)cn2)cc1. The number of hydrogen-bond donors (Lipinski definition) is 1. The van der Waals surface area contributed by atoms with E-state index < -0.39 is 0 Å². The quantitative estimate of drug-likeness (QED) is 0.557. The third kappa shape index (κ3) is 4.48. The zero-order valence-corrected chi connectivity index (χ0v) is 15.2. The Kier molecular flexibility index (Phi) is 6.00. The Labute approximate surface area is 159 Å². The van der Waals surface area contributed by atoms with Crippen molar-refractivity contribution in [3.8, 4) is 0 Å². The third-order valence-electron chi connectivity index (χ3n) is 4.20. The van der Waals surface area contributed by atoms with Gasteiger partial charge in [0.15, 0.2) is 0 Å². The summed E-state index contributed by atoms with van der Waals surface area (Å²) >= 11 is 0. The van der Waals surface area contributed by atoms with E-state index in [1.807, 2.05) is 29.2 Å². The van der Waals surface area contributed by atoms with Gasteiger partial charge in [-0.05, 0) is 29.3 Å². The molecule has 4 nitrogen and oxygen atoms in total. The maximum atomic E-state index is 4.45. The average Bonchev–Trinajstić information content (AvgIpc) is 3.10. The maximum absolute atomic E-state index is 4.45. The topological polar surface area (TPSA) is 42.7 Å². The number of nitrogens with zero attached hydrogens (tertiary/aromatic N) is 3. The fourth-order valence-electron chi connectivity index (χ4n) is 2.94. The lowest BCUT2D eigenvalue weighted by atomic mass is 10.1. The summed E-state index contributed by atoms with van der Waals surface area (Å²) < 4.78 is 1.98. The van der Waals surface area contributed by atoms with E-state index >= 15 is 0 Å². The Hall–Kier alpha value is -2.69. The van der Waals surface area contributed by atoms with Crippen LogP contribution in [0.25, 0.3) is 10.9 Å². The molecule has 0 saturated heterocycles. The van der Waals surface area contributed by atoms with Gasteiger partial charge >= 0.3 is 0 Å². The molecule has 26 heavy (non-hydrogen) atoms. The van der Waals surface area contributed by atoms with E-state index in [0.717, 1.165) is 25.2 Å². The second kappa shape index (κ2) is 8.61. The Balaban J connectivity index is 0.00000196. The average molecular weight is 365 g/mol. The van der Waals surface area contributed by atoms with E-state index in [1.165, 1.54) is 22.1 Å². The van der Waals surface area contributed by atoms with Crippen molar-refractivity contribution in [3.05, 3.63) is 95.9 Å². The van der Waals surface area contributed by atoms with Crippen LogP contribution in [0.4, 0.5) is 0 Å². The van der Waals surface area contributed by atoms with Gasteiger partial charge in [0.25, 0.3) is 0 Å². The number of pyridine rings is 1. The van der Waals surface area contributed by atoms with Gasteiger partial charge in [-0.2, -0.15) is 5.10 Å². The van der Waals surface area contributed by atoms with Crippen molar-refractivity contribution in [2.45, 2.75) is 19.6 Å². The molecule has 132 valence electrons. The molecule has 0 aliphatic heterocycles. The molecule has 0 amide bonds. The van der Waals surface area contributed by atoms with Crippen molar-refractivity contribution >= 4 is 23.3 Å². The van der Waals surface area contributed by atoms with Crippen LogP contribution in [0.15, 0.2) is 79.3 Å². The molecular weight excluding hydrogens is 344 g/mol. The lowest BCUT2D eigenvalue weighted by Crippen LogP contribution is -2.12. The molecule has 0 atom stereocenters. The van der Waals surface area contributed by atoms with Gasteiger partial charge in [0.1, 0.15) is 0 Å². The molecule has 0 saturated carbocycles. The van der Waals surface area contributed by atoms with Crippen molar-refractivity contribution in [2.75, 3.05) is 0 Å². The molecule has 2 heterocycles. The molecular formula is C21H21ClN4. The normalized spacial score (nSPS) is 10.6. The van der Waals surface area contributed by atoms with Crippen molar-refractivity contribution < 1.29 is 0 Å². The van der Waals surface area contributed by atoms with Crippen LogP contribution in [0.3, 0.4) is 0 Å². The Morgan fingerprint density at radius 1 is 0.846 bits per heavy atom. The minimum absolute atomic E-state index is 0. The minimum Gasteiger partial charge on any atom is -0.309 e. The van der Waals surface area contributed by atoms with Crippen molar-refractivity contribution in [1.29, 1.82) is 0 Å². The molecule has 2 aromatic carbocycles. The monoisotopic (exact) mass is 364 g/mol. The smallest absolute Gasteiger partial charge is 0.0702 e. The van der Waals surface area contributed by atoms with Gasteiger partial charge in [0.2, 0.25) is 0 Å². The molecule has 5 heteroatoms. The Morgan fingerprint density at radius 2 is 1.69 bits per heavy atom. The highest BCUT2D eigenvalue weighted by atomic mass is 35.5. The molecule has 1 N–H and O–H groups in total. The van der Waals surface area contributed by atoms with Gasteiger partial charge in [0, 0.05) is 36.4 Å². The molecule has 2 aromatic heterocycles. The summed E-state index contributed by atoms with van der Waals surface area (Å²) in [6.45, 7) is 2.44. The molecule has 0 aliphatic rings. The zero-order valence-electron chi connectivity index (χ0n) is 14.4. The van der Waals surface area contributed by atoms with Crippen LogP contribution in [-0.4, -0.2) is 14.8 Å². The summed E-state index contributed by atoms with van der Waals surface area (Å²) in [5, 5.41) is 9.11. The van der Waals surface area contributed by atoms with Gasteiger partial charge in [0.05, 0.1) is 18.3 Å². The first-order valence-electron chi connectivity index (χ1n) is 8.46. The number of fused-ring (bicyclic) bond motifs is 1. The lowest BCUT2D eigenvalue weighted by Gasteiger charge is -2.05. The highest BCUT2D eigenvalue weighted by molar-refractivity contribution is 5.85. The van der Waals surface area contributed by atoms with Crippen LogP contribution in [0.5, 0.6) is 0 Å². The second-order valence-corrected chi connectivity index (χ2v) is 6.17. The summed E-state index contributed by atoms with van der Waals surface area (Å²) in [4.78, 5) is 4.36. The van der Waals surface area contributed by atoms with Gasteiger partial charge < -0.3 is 5.32 Å². The van der Waals surface area contributed by atoms with Crippen LogP contribution in [0, 0.1) is 0 Å². The number of halogens is 1. The highest BCUT2D eigenvalue weighted by Gasteiger charge is 2.01. The van der Waals surface area contributed by atoms with Crippen molar-refractivity contribution in [2.24, 2.45) is 0 Å². The zero-order chi connectivity index (χ0) is 16.9. The molecule has 4 rings (SSSR count). The molecule has 0 aliphatic carbocycles. The first kappa shape index (κ1) is 18.1. The molecule has 0 spiro atoms. The Morgan fingerprint density at radius 3 is 2.58 bits per heavy atom. The second-order valence-electron chi connectivity index (χ2n) is 6.17. The predicted octanol–water partition coefficient (Wildman–Crippen LogP) is 4.19. The first-order chi connectivity index (χ1) is 12.4. The van der Waals surface area contributed by atoms with Crippen LogP contribution < -0.4 is 5.32 Å². The Bertz CT molecular complexity index is 966. The van der Waals surface area contributed by atoms with Crippen molar-refractivity contribution in [3.63, 3.8) is 0 Å². The predicted molar refractivity (Wildman–Crippen MR) is 107 cm³/mol. The molecule has 0 unspecified atom stereocenters. The fraction of sp³-hybridized carbons (Fsp3) is 0.143. The van der Waals surface area contributed by atoms with Crippen molar-refractivity contribution in [1.82, 2.24) is 20.1 Å². The molecule has 0 radical (unpaired) electrons. The summed E-state index contributed by atoms with van der Waals surface area (Å²) in [6, 6.07) is 20.8. The summed E-state index contributed by atoms with van der Waals surface area (Å²) in [5.41, 5.74) is 4.75. The number of rotatable bonds is 6. The third-order valence-corrected chi connectivity index (χ3v) is 4.20. The number of benzene rings is 2. The van der Waals surface area contributed by atoms with Crippen LogP contribution in [0.2, 0.25) is 0 Å². The van der Waals surface area contributed by atoms with Gasteiger partial charge in [-0.1, -0.05) is 42.5 Å². The number of hydrogen-bond acceptors (Lipinski definition) is 3. The fourth-order valence-corrected chi connectivity index (χ4v) is 2.94. The minimum atomic E-state index is 0.